The Morgan fingerprint density at radius 3 is 2.79 bits per heavy atom. The summed E-state index contributed by atoms with van der Waals surface area (Å²) in [6.45, 7) is 6.14. The van der Waals surface area contributed by atoms with E-state index in [1.54, 1.807) is 7.11 Å². The van der Waals surface area contributed by atoms with Gasteiger partial charge in [-0.2, -0.15) is 0 Å². The summed E-state index contributed by atoms with van der Waals surface area (Å²) in [7, 11) is 1.67. The van der Waals surface area contributed by atoms with Gasteiger partial charge in [0, 0.05) is 30.0 Å². The SMILES string of the molecule is CCOC(=O)N1CCC23c4cccc(OC)c4OC2C2(CCC3C1C)OCCO2. The first-order valence-corrected chi connectivity index (χ1v) is 10.6. The van der Waals surface area contributed by atoms with E-state index in [1.807, 2.05) is 24.0 Å². The molecule has 4 atom stereocenters. The Kier molecular flexibility index (Phi) is 4.44. The van der Waals surface area contributed by atoms with Crippen LogP contribution in [0.2, 0.25) is 0 Å². The fraction of sp³-hybridized carbons (Fsp3) is 0.682. The van der Waals surface area contributed by atoms with Crippen molar-refractivity contribution in [2.24, 2.45) is 5.92 Å². The number of amides is 1. The van der Waals surface area contributed by atoms with E-state index in [4.69, 9.17) is 23.7 Å². The van der Waals surface area contributed by atoms with Gasteiger partial charge in [-0.25, -0.2) is 4.79 Å². The molecule has 1 aromatic carbocycles. The number of nitrogens with zero attached hydrogens (tertiary/aromatic N) is 1. The molecule has 3 fully saturated rings. The normalized spacial score (nSPS) is 34.2. The zero-order chi connectivity index (χ0) is 20.2. The molecule has 1 amide bonds. The van der Waals surface area contributed by atoms with Gasteiger partial charge in [-0.05, 0) is 38.7 Å². The third kappa shape index (κ3) is 2.46. The first-order valence-electron chi connectivity index (χ1n) is 10.6. The number of likely N-dealkylation sites (tertiary alicyclic amines) is 1. The first-order chi connectivity index (χ1) is 14.1. The van der Waals surface area contributed by atoms with Gasteiger partial charge in [0.05, 0.1) is 26.9 Å². The highest BCUT2D eigenvalue weighted by Gasteiger charge is 2.69. The van der Waals surface area contributed by atoms with Gasteiger partial charge >= 0.3 is 6.09 Å². The van der Waals surface area contributed by atoms with Crippen molar-refractivity contribution in [1.29, 1.82) is 0 Å². The molecule has 1 saturated carbocycles. The number of hydrogen-bond donors (Lipinski definition) is 0. The minimum absolute atomic E-state index is 0.0322. The Bertz CT molecular complexity index is 806. The van der Waals surface area contributed by atoms with Crippen LogP contribution in [-0.4, -0.2) is 62.4 Å². The Labute approximate surface area is 171 Å². The quantitative estimate of drug-likeness (QED) is 0.756. The largest absolute Gasteiger partial charge is 0.493 e. The number of piperidine rings is 1. The molecule has 3 heterocycles. The Morgan fingerprint density at radius 2 is 2.07 bits per heavy atom. The van der Waals surface area contributed by atoms with Gasteiger partial charge in [-0.15, -0.1) is 0 Å². The highest BCUT2D eigenvalue weighted by Crippen LogP contribution is 2.63. The lowest BCUT2D eigenvalue weighted by atomic mass is 9.54. The third-order valence-corrected chi connectivity index (χ3v) is 7.39. The van der Waals surface area contributed by atoms with Crippen LogP contribution in [0.3, 0.4) is 0 Å². The van der Waals surface area contributed by atoms with E-state index in [2.05, 4.69) is 13.0 Å². The van der Waals surface area contributed by atoms with E-state index in [1.165, 1.54) is 0 Å². The second-order valence-electron chi connectivity index (χ2n) is 8.41. The lowest BCUT2D eigenvalue weighted by Gasteiger charge is -2.57. The summed E-state index contributed by atoms with van der Waals surface area (Å²) in [6, 6.07) is 6.13. The molecule has 0 radical (unpaired) electrons. The lowest BCUT2D eigenvalue weighted by molar-refractivity contribution is -0.258. The summed E-state index contributed by atoms with van der Waals surface area (Å²) >= 11 is 0. The van der Waals surface area contributed by atoms with Crippen molar-refractivity contribution < 1.29 is 28.5 Å². The molecular formula is C22H29NO6. The van der Waals surface area contributed by atoms with Crippen LogP contribution >= 0.6 is 0 Å². The van der Waals surface area contributed by atoms with Crippen molar-refractivity contribution in [2.45, 2.75) is 56.5 Å². The molecule has 0 aromatic heterocycles. The van der Waals surface area contributed by atoms with Gasteiger partial charge in [0.1, 0.15) is 0 Å². The highest BCUT2D eigenvalue weighted by molar-refractivity contribution is 5.69. The average molecular weight is 403 g/mol. The maximum absolute atomic E-state index is 12.6. The van der Waals surface area contributed by atoms with Gasteiger partial charge in [0.25, 0.3) is 0 Å². The van der Waals surface area contributed by atoms with Crippen LogP contribution in [0.1, 0.15) is 38.7 Å². The van der Waals surface area contributed by atoms with Crippen molar-refractivity contribution in [3.05, 3.63) is 23.8 Å². The van der Waals surface area contributed by atoms with Gasteiger partial charge in [0.15, 0.2) is 17.6 Å². The summed E-state index contributed by atoms with van der Waals surface area (Å²) in [4.78, 5) is 14.4. The van der Waals surface area contributed by atoms with E-state index in [0.717, 1.165) is 36.3 Å². The molecule has 1 aromatic rings. The van der Waals surface area contributed by atoms with Crippen molar-refractivity contribution >= 4 is 6.09 Å². The van der Waals surface area contributed by atoms with E-state index < -0.39 is 5.79 Å². The predicted octanol–water partition coefficient (Wildman–Crippen LogP) is 3.10. The van der Waals surface area contributed by atoms with Crippen LogP contribution in [0, 0.1) is 5.92 Å². The number of benzene rings is 1. The average Bonchev–Trinajstić information content (AvgIpc) is 3.32. The molecule has 2 spiro atoms. The molecule has 0 N–H and O–H groups in total. The van der Waals surface area contributed by atoms with Gasteiger partial charge in [0.2, 0.25) is 5.79 Å². The maximum Gasteiger partial charge on any atom is 0.409 e. The summed E-state index contributed by atoms with van der Waals surface area (Å²) in [5.41, 5.74) is 0.870. The predicted molar refractivity (Wildman–Crippen MR) is 104 cm³/mol. The minimum Gasteiger partial charge on any atom is -0.493 e. The molecule has 7 heteroatoms. The van der Waals surface area contributed by atoms with Crippen molar-refractivity contribution in [2.75, 3.05) is 33.5 Å². The molecule has 4 unspecified atom stereocenters. The van der Waals surface area contributed by atoms with Gasteiger partial charge < -0.3 is 28.6 Å². The topological polar surface area (TPSA) is 66.5 Å². The molecule has 1 aliphatic carbocycles. The van der Waals surface area contributed by atoms with Crippen molar-refractivity contribution in [1.82, 2.24) is 4.90 Å². The van der Waals surface area contributed by atoms with Crippen LogP contribution < -0.4 is 9.47 Å². The van der Waals surface area contributed by atoms with E-state index >= 15 is 0 Å². The molecule has 4 aliphatic rings. The summed E-state index contributed by atoms with van der Waals surface area (Å²) in [5, 5.41) is 0. The number of fused-ring (bicyclic) bond motifs is 2. The molecule has 2 saturated heterocycles. The minimum atomic E-state index is -0.730. The second kappa shape index (κ2) is 6.77. The molecule has 7 nitrogen and oxygen atoms in total. The molecule has 0 bridgehead atoms. The number of ether oxygens (including phenoxy) is 5. The standard InChI is InChI=1S/C22H29NO6/c1-4-26-20(24)23-11-10-21-15(14(23)2)8-9-22(27-12-13-28-22)19(21)29-18-16(21)6-5-7-17(18)25-3/h5-7,14-15,19H,4,8-13H2,1-3H3. The summed E-state index contributed by atoms with van der Waals surface area (Å²) in [5.74, 6) is 1.02. The van der Waals surface area contributed by atoms with Gasteiger partial charge in [-0.3, -0.25) is 0 Å². The third-order valence-electron chi connectivity index (χ3n) is 7.39. The number of carbonyl (C=O) groups is 1. The van der Waals surface area contributed by atoms with E-state index in [0.29, 0.717) is 26.4 Å². The molecule has 5 rings (SSSR count). The van der Waals surface area contributed by atoms with Crippen LogP contribution in [-0.2, 0) is 19.6 Å². The molecule has 29 heavy (non-hydrogen) atoms. The van der Waals surface area contributed by atoms with Gasteiger partial charge in [-0.1, -0.05) is 12.1 Å². The number of hydrogen-bond acceptors (Lipinski definition) is 6. The van der Waals surface area contributed by atoms with Crippen LogP contribution in [0.25, 0.3) is 0 Å². The fourth-order valence-electron chi connectivity index (χ4n) is 6.23. The van der Waals surface area contributed by atoms with E-state index in [9.17, 15) is 4.79 Å². The number of methoxy groups -OCH3 is 1. The zero-order valence-corrected chi connectivity index (χ0v) is 17.3. The first kappa shape index (κ1) is 19.0. The van der Waals surface area contributed by atoms with Crippen LogP contribution in [0.5, 0.6) is 11.5 Å². The zero-order valence-electron chi connectivity index (χ0n) is 17.3. The highest BCUT2D eigenvalue weighted by atomic mass is 16.8. The summed E-state index contributed by atoms with van der Waals surface area (Å²) in [6.07, 6.45) is 1.94. The Hall–Kier alpha value is -1.99. The number of para-hydroxylation sites is 1. The Balaban J connectivity index is 1.61. The maximum atomic E-state index is 12.6. The second-order valence-corrected chi connectivity index (χ2v) is 8.41. The van der Waals surface area contributed by atoms with Crippen LogP contribution in [0.4, 0.5) is 4.79 Å². The monoisotopic (exact) mass is 403 g/mol. The molecule has 158 valence electrons. The van der Waals surface area contributed by atoms with Crippen molar-refractivity contribution in [3.63, 3.8) is 0 Å². The molecule has 3 aliphatic heterocycles. The van der Waals surface area contributed by atoms with Crippen molar-refractivity contribution in [3.8, 4) is 11.5 Å². The number of rotatable bonds is 2. The van der Waals surface area contributed by atoms with Crippen LogP contribution in [0.15, 0.2) is 18.2 Å². The number of carbonyl (C=O) groups excluding carboxylic acids is 1. The fourth-order valence-corrected chi connectivity index (χ4v) is 6.23. The lowest BCUT2D eigenvalue weighted by Crippen LogP contribution is -2.68. The smallest absolute Gasteiger partial charge is 0.409 e. The molecular weight excluding hydrogens is 374 g/mol. The van der Waals surface area contributed by atoms with E-state index in [-0.39, 0.29) is 29.6 Å². The summed E-state index contributed by atoms with van der Waals surface area (Å²) < 4.78 is 30.0. The Morgan fingerprint density at radius 1 is 1.28 bits per heavy atom.